The third-order valence-electron chi connectivity index (χ3n) is 12.1. The van der Waals surface area contributed by atoms with Crippen LogP contribution in [-0.4, -0.2) is 94.8 Å². The lowest BCUT2D eigenvalue weighted by molar-refractivity contribution is -0.152. The van der Waals surface area contributed by atoms with Crippen molar-refractivity contribution in [2.75, 3.05) is 27.7 Å². The highest BCUT2D eigenvalue weighted by molar-refractivity contribution is 5.90. The fourth-order valence-electron chi connectivity index (χ4n) is 9.62. The summed E-state index contributed by atoms with van der Waals surface area (Å²) in [5.74, 6) is 0.653. The molecule has 1 amide bonds. The lowest BCUT2D eigenvalue weighted by atomic mass is 9.53. The number of phenolic OH excluding ortho intramolecular Hbond substituents is 1. The van der Waals surface area contributed by atoms with E-state index in [9.17, 15) is 19.8 Å². The summed E-state index contributed by atoms with van der Waals surface area (Å²) in [6, 6.07) is 14.2. The molecule has 9 heteroatoms. The number of benzene rings is 3. The minimum Gasteiger partial charge on any atom is -0.508 e. The molecule has 2 bridgehead atoms. The van der Waals surface area contributed by atoms with Gasteiger partial charge < -0.3 is 29.5 Å². The molecule has 0 radical (unpaired) electrons. The Morgan fingerprint density at radius 1 is 1.04 bits per heavy atom. The molecule has 1 fully saturated rings. The second-order valence-electron chi connectivity index (χ2n) is 15.0. The number of piperidine rings is 1. The van der Waals surface area contributed by atoms with Gasteiger partial charge in [0.15, 0.2) is 11.5 Å². The monoisotopic (exact) mass is 663 g/mol. The van der Waals surface area contributed by atoms with E-state index in [-0.39, 0.29) is 23.0 Å². The first-order chi connectivity index (χ1) is 23.5. The molecule has 0 aromatic heterocycles. The van der Waals surface area contributed by atoms with Crippen LogP contribution in [0.1, 0.15) is 45.4 Å². The number of aromatic hydroxyl groups is 1. The normalized spacial score (nSPS) is 28.5. The van der Waals surface area contributed by atoms with E-state index in [0.29, 0.717) is 36.9 Å². The molecule has 2 aliphatic carbocycles. The van der Waals surface area contributed by atoms with Crippen molar-refractivity contribution in [3.05, 3.63) is 99.6 Å². The molecule has 9 nitrogen and oxygen atoms in total. The van der Waals surface area contributed by atoms with Crippen LogP contribution in [0.5, 0.6) is 17.2 Å². The maximum atomic E-state index is 14.6. The molecule has 1 spiro atoms. The Balaban J connectivity index is 1.13. The van der Waals surface area contributed by atoms with Gasteiger partial charge in [-0.1, -0.05) is 42.5 Å². The lowest BCUT2D eigenvalue weighted by Gasteiger charge is -2.56. The van der Waals surface area contributed by atoms with Crippen molar-refractivity contribution in [1.29, 1.82) is 0 Å². The van der Waals surface area contributed by atoms with E-state index in [1.807, 2.05) is 69.3 Å². The summed E-state index contributed by atoms with van der Waals surface area (Å²) in [4.78, 5) is 35.0. The van der Waals surface area contributed by atoms with E-state index in [1.165, 1.54) is 5.56 Å². The van der Waals surface area contributed by atoms with Crippen LogP contribution in [0.2, 0.25) is 0 Å². The van der Waals surface area contributed by atoms with E-state index in [2.05, 4.69) is 24.1 Å². The second-order valence-corrected chi connectivity index (χ2v) is 15.0. The molecule has 8 rings (SSSR count). The Labute approximate surface area is 287 Å². The molecule has 3 heterocycles. The predicted molar refractivity (Wildman–Crippen MR) is 185 cm³/mol. The molecule has 2 N–H and O–H groups in total. The number of aliphatic hydroxyl groups is 1. The largest absolute Gasteiger partial charge is 0.508 e. The zero-order valence-corrected chi connectivity index (χ0v) is 28.8. The second kappa shape index (κ2) is 11.7. The first kappa shape index (κ1) is 32.0. The number of hydrogen-bond acceptors (Lipinski definition) is 8. The molecule has 3 aliphatic heterocycles. The first-order valence-corrected chi connectivity index (χ1v) is 17.4. The summed E-state index contributed by atoms with van der Waals surface area (Å²) in [7, 11) is 5.94. The predicted octanol–water partition coefficient (Wildman–Crippen LogP) is 3.85. The number of phenols is 1. The number of ether oxygens (including phenoxy) is 2. The first-order valence-electron chi connectivity index (χ1n) is 17.4. The highest BCUT2D eigenvalue weighted by Gasteiger charge is 2.64. The Morgan fingerprint density at radius 2 is 1.78 bits per heavy atom. The molecule has 5 aliphatic rings. The van der Waals surface area contributed by atoms with Crippen molar-refractivity contribution in [1.82, 2.24) is 14.7 Å². The van der Waals surface area contributed by atoms with E-state index < -0.39 is 30.3 Å². The average molecular weight is 664 g/mol. The van der Waals surface area contributed by atoms with Crippen molar-refractivity contribution in [3.8, 4) is 17.2 Å². The molecule has 1 saturated heterocycles. The molecule has 3 aromatic rings. The Bertz CT molecular complexity index is 1860. The van der Waals surface area contributed by atoms with Gasteiger partial charge in [0.1, 0.15) is 24.0 Å². The summed E-state index contributed by atoms with van der Waals surface area (Å²) in [5, 5.41) is 21.3. The number of amides is 1. The van der Waals surface area contributed by atoms with Crippen LogP contribution in [0.4, 0.5) is 0 Å². The molecule has 256 valence electrons. The Morgan fingerprint density at radius 3 is 2.51 bits per heavy atom. The zero-order chi connectivity index (χ0) is 34.4. The smallest absolute Gasteiger partial charge is 0.334 e. The van der Waals surface area contributed by atoms with Crippen LogP contribution in [0.15, 0.2) is 60.7 Å². The third-order valence-corrected chi connectivity index (χ3v) is 12.1. The number of carbonyl (C=O) groups excluding carboxylic acids is 2. The van der Waals surface area contributed by atoms with E-state index >= 15 is 0 Å². The van der Waals surface area contributed by atoms with Crippen LogP contribution in [0, 0.1) is 19.8 Å². The van der Waals surface area contributed by atoms with Gasteiger partial charge >= 0.3 is 5.97 Å². The summed E-state index contributed by atoms with van der Waals surface area (Å²) < 4.78 is 12.9. The van der Waals surface area contributed by atoms with Gasteiger partial charge in [-0.3, -0.25) is 9.69 Å². The van der Waals surface area contributed by atoms with Crippen LogP contribution >= 0.6 is 0 Å². The number of rotatable bonds is 6. The number of aryl methyl sites for hydroxylation is 2. The van der Waals surface area contributed by atoms with E-state index in [1.54, 1.807) is 17.0 Å². The fourth-order valence-corrected chi connectivity index (χ4v) is 9.62. The van der Waals surface area contributed by atoms with Gasteiger partial charge in [-0.2, -0.15) is 0 Å². The molecule has 7 atom stereocenters. The minimum atomic E-state index is -0.843. The van der Waals surface area contributed by atoms with Crippen molar-refractivity contribution in [2.45, 2.75) is 81.8 Å². The number of aliphatic hydroxyl groups excluding tert-OH is 1. The number of likely N-dealkylation sites (N-methyl/N-ethyl adjacent to an activating group) is 2. The summed E-state index contributed by atoms with van der Waals surface area (Å²) in [6.45, 7) is 5.08. The highest BCUT2D eigenvalue weighted by atomic mass is 16.6. The van der Waals surface area contributed by atoms with Crippen molar-refractivity contribution in [3.63, 3.8) is 0 Å². The van der Waals surface area contributed by atoms with Gasteiger partial charge in [0.2, 0.25) is 5.91 Å². The quantitative estimate of drug-likeness (QED) is 0.233. The van der Waals surface area contributed by atoms with Crippen molar-refractivity contribution >= 4 is 11.9 Å². The molecular formula is C40H45N3O6. The maximum Gasteiger partial charge on any atom is 0.334 e. The fraction of sp³-hybridized carbons (Fsp3) is 0.450. The van der Waals surface area contributed by atoms with Crippen LogP contribution < -0.4 is 9.47 Å². The number of hydrogen-bond donors (Lipinski definition) is 2. The zero-order valence-electron chi connectivity index (χ0n) is 28.8. The van der Waals surface area contributed by atoms with Gasteiger partial charge in [0.05, 0.1) is 6.04 Å². The number of carbonyl (C=O) groups is 2. The van der Waals surface area contributed by atoms with E-state index in [0.717, 1.165) is 52.8 Å². The Hall–Kier alpha value is -4.18. The Kier molecular flexibility index (Phi) is 7.66. The number of esters is 1. The van der Waals surface area contributed by atoms with E-state index in [4.69, 9.17) is 9.47 Å². The maximum absolute atomic E-state index is 14.6. The SMILES string of the molecule is Cc1cc(O)cc(C)c1C[C@@H](C(=O)N1Cc2ccccc2C[C@H]1C(=O)Oc1ccc2c3c1O[C@H]1[C@@H](O)C=C[C@H]4[C@@H](C2)N(C)CC[C@@]341)N(C)C. The minimum absolute atomic E-state index is 0.154. The summed E-state index contributed by atoms with van der Waals surface area (Å²) in [5.41, 5.74) is 6.76. The molecule has 0 saturated carbocycles. The van der Waals surface area contributed by atoms with Crippen LogP contribution in [0.3, 0.4) is 0 Å². The van der Waals surface area contributed by atoms with Gasteiger partial charge in [-0.15, -0.1) is 0 Å². The average Bonchev–Trinajstić information content (AvgIpc) is 3.43. The van der Waals surface area contributed by atoms with Crippen molar-refractivity contribution < 1.29 is 29.3 Å². The summed E-state index contributed by atoms with van der Waals surface area (Å²) in [6.07, 6.45) is 5.33. The molecule has 0 unspecified atom stereocenters. The van der Waals surface area contributed by atoms with Gasteiger partial charge in [-0.05, 0) is 112 Å². The molecular weight excluding hydrogens is 618 g/mol. The van der Waals surface area contributed by atoms with Gasteiger partial charge in [0, 0.05) is 35.9 Å². The highest BCUT2D eigenvalue weighted by Crippen LogP contribution is 2.62. The number of likely N-dealkylation sites (tertiary alicyclic amines) is 1. The van der Waals surface area contributed by atoms with Gasteiger partial charge in [-0.25, -0.2) is 4.79 Å². The molecule has 49 heavy (non-hydrogen) atoms. The van der Waals surface area contributed by atoms with Crippen molar-refractivity contribution in [2.24, 2.45) is 5.92 Å². The molecule has 3 aromatic carbocycles. The summed E-state index contributed by atoms with van der Waals surface area (Å²) >= 11 is 0. The van der Waals surface area contributed by atoms with Crippen LogP contribution in [0.25, 0.3) is 0 Å². The number of nitrogens with zero attached hydrogens (tertiary/aromatic N) is 3. The van der Waals surface area contributed by atoms with Gasteiger partial charge in [0.25, 0.3) is 0 Å². The standard InChI is InChI=1S/C40H45N3O6/c1-22-16-27(44)17-23(2)28(22)20-31(41(3)4)38(46)43-21-26-9-7-6-8-24(26)18-32(43)39(47)48-34-13-10-25-19-30-29-11-12-33(45)37-40(29,14-15-42(30)5)35(25)36(34)49-37/h6-13,16-17,29-33,37,44-45H,14-15,18-21H2,1-5H3/t29-,30+,31-,32-,33-,37-,40-/m0/s1. The van der Waals surface area contributed by atoms with Crippen LogP contribution in [-0.2, 0) is 40.8 Å². The third kappa shape index (κ3) is 4.92. The topological polar surface area (TPSA) is 103 Å². The lowest BCUT2D eigenvalue weighted by Crippen LogP contribution is -2.64. The number of fused-ring (bicyclic) bond motifs is 1.